The van der Waals surface area contributed by atoms with Crippen LogP contribution >= 0.6 is 11.3 Å². The van der Waals surface area contributed by atoms with Crippen molar-refractivity contribution in [1.29, 1.82) is 0 Å². The van der Waals surface area contributed by atoms with E-state index in [0.29, 0.717) is 4.96 Å². The summed E-state index contributed by atoms with van der Waals surface area (Å²) in [4.78, 5) is 31.1. The van der Waals surface area contributed by atoms with E-state index in [1.807, 2.05) is 0 Å². The molecular weight excluding hydrogens is 278 g/mol. The van der Waals surface area contributed by atoms with Gasteiger partial charge in [0.1, 0.15) is 5.56 Å². The lowest BCUT2D eigenvalue weighted by molar-refractivity contribution is 0.0523. The fourth-order valence-corrected chi connectivity index (χ4v) is 3.06. The molecule has 2 heterocycles. The standard InChI is InChI=1S/C13H15N3O3S/c17-6-4-15(9-2-1-3-9)11(18)10-8-14-13-16(12(10)19)5-7-20-13/h5,7-9,17H,1-4,6H2. The molecule has 1 aliphatic carbocycles. The molecule has 0 atom stereocenters. The predicted octanol–water partition coefficient (Wildman–Crippen LogP) is 0.743. The third-order valence-electron chi connectivity index (χ3n) is 3.69. The van der Waals surface area contributed by atoms with Crippen LogP contribution in [-0.2, 0) is 0 Å². The van der Waals surface area contributed by atoms with E-state index in [2.05, 4.69) is 4.98 Å². The summed E-state index contributed by atoms with van der Waals surface area (Å²) in [6.07, 6.45) is 5.91. The van der Waals surface area contributed by atoms with Crippen molar-refractivity contribution in [3.05, 3.63) is 33.7 Å². The highest BCUT2D eigenvalue weighted by Gasteiger charge is 2.30. The van der Waals surface area contributed by atoms with Gasteiger partial charge in [-0.25, -0.2) is 4.98 Å². The van der Waals surface area contributed by atoms with Crippen LogP contribution in [0.15, 0.2) is 22.6 Å². The molecule has 0 spiro atoms. The summed E-state index contributed by atoms with van der Waals surface area (Å²) in [6, 6.07) is 0.136. The number of amides is 1. The minimum absolute atomic E-state index is 0.0706. The molecule has 1 aliphatic rings. The first kappa shape index (κ1) is 13.3. The lowest BCUT2D eigenvalue weighted by atomic mass is 9.91. The van der Waals surface area contributed by atoms with Crippen LogP contribution in [0.4, 0.5) is 0 Å². The number of rotatable bonds is 4. The summed E-state index contributed by atoms with van der Waals surface area (Å²) in [6.45, 7) is 0.160. The van der Waals surface area contributed by atoms with Crippen molar-refractivity contribution in [3.8, 4) is 0 Å². The van der Waals surface area contributed by atoms with Crippen LogP contribution in [-0.4, -0.2) is 44.5 Å². The molecule has 7 heteroatoms. The number of nitrogens with zero attached hydrogens (tertiary/aromatic N) is 3. The second-order valence-electron chi connectivity index (χ2n) is 4.84. The number of fused-ring (bicyclic) bond motifs is 1. The number of carbonyl (C=O) groups excluding carboxylic acids is 1. The maximum Gasteiger partial charge on any atom is 0.271 e. The molecule has 0 aliphatic heterocycles. The van der Waals surface area contributed by atoms with Crippen molar-refractivity contribution < 1.29 is 9.90 Å². The smallest absolute Gasteiger partial charge is 0.271 e. The van der Waals surface area contributed by atoms with Gasteiger partial charge in [0.25, 0.3) is 11.5 Å². The Morgan fingerprint density at radius 2 is 2.35 bits per heavy atom. The molecule has 0 bridgehead atoms. The first-order valence-corrected chi connectivity index (χ1v) is 7.47. The normalized spacial score (nSPS) is 15.2. The highest BCUT2D eigenvalue weighted by atomic mass is 32.1. The van der Waals surface area contributed by atoms with E-state index in [-0.39, 0.29) is 36.2 Å². The fourth-order valence-electron chi connectivity index (χ4n) is 2.38. The van der Waals surface area contributed by atoms with Crippen LogP contribution in [0.3, 0.4) is 0 Å². The van der Waals surface area contributed by atoms with E-state index in [9.17, 15) is 9.59 Å². The van der Waals surface area contributed by atoms with Crippen LogP contribution in [0.1, 0.15) is 29.6 Å². The Morgan fingerprint density at radius 3 is 3.00 bits per heavy atom. The van der Waals surface area contributed by atoms with Gasteiger partial charge >= 0.3 is 0 Å². The summed E-state index contributed by atoms with van der Waals surface area (Å²) in [7, 11) is 0. The van der Waals surface area contributed by atoms with Gasteiger partial charge in [-0.15, -0.1) is 11.3 Å². The van der Waals surface area contributed by atoms with Crippen LogP contribution < -0.4 is 5.56 Å². The monoisotopic (exact) mass is 293 g/mol. The molecule has 2 aromatic rings. The van der Waals surface area contributed by atoms with Crippen LogP contribution in [0.5, 0.6) is 0 Å². The van der Waals surface area contributed by atoms with E-state index in [1.54, 1.807) is 16.5 Å². The number of hydrogen-bond donors (Lipinski definition) is 1. The number of aliphatic hydroxyl groups excluding tert-OH is 1. The van der Waals surface area contributed by atoms with E-state index in [0.717, 1.165) is 19.3 Å². The van der Waals surface area contributed by atoms with E-state index >= 15 is 0 Å². The van der Waals surface area contributed by atoms with Gasteiger partial charge in [0.15, 0.2) is 4.96 Å². The molecule has 0 unspecified atom stereocenters. The third-order valence-corrected chi connectivity index (χ3v) is 4.46. The highest BCUT2D eigenvalue weighted by molar-refractivity contribution is 7.15. The average molecular weight is 293 g/mol. The number of thiazole rings is 1. The Bertz CT molecular complexity index is 689. The maximum absolute atomic E-state index is 12.5. The van der Waals surface area contributed by atoms with Crippen LogP contribution in [0, 0.1) is 0 Å². The van der Waals surface area contributed by atoms with Gasteiger partial charge in [0, 0.05) is 30.4 Å². The minimum atomic E-state index is -0.344. The van der Waals surface area contributed by atoms with Crippen LogP contribution in [0.2, 0.25) is 0 Å². The Morgan fingerprint density at radius 1 is 1.55 bits per heavy atom. The van der Waals surface area contributed by atoms with Crippen LogP contribution in [0.25, 0.3) is 4.96 Å². The van der Waals surface area contributed by atoms with Crippen molar-refractivity contribution in [3.63, 3.8) is 0 Å². The first-order chi connectivity index (χ1) is 9.72. The van der Waals surface area contributed by atoms with Crippen molar-refractivity contribution in [1.82, 2.24) is 14.3 Å². The average Bonchev–Trinajstić information content (AvgIpc) is 2.85. The van der Waals surface area contributed by atoms with Crippen molar-refractivity contribution in [2.75, 3.05) is 13.2 Å². The predicted molar refractivity (Wildman–Crippen MR) is 75.1 cm³/mol. The Kier molecular flexibility index (Phi) is 3.54. The van der Waals surface area contributed by atoms with E-state index < -0.39 is 0 Å². The van der Waals surface area contributed by atoms with E-state index in [4.69, 9.17) is 5.11 Å². The summed E-state index contributed by atoms with van der Waals surface area (Å²) < 4.78 is 1.38. The second-order valence-corrected chi connectivity index (χ2v) is 5.71. The van der Waals surface area contributed by atoms with Gasteiger partial charge in [-0.3, -0.25) is 14.0 Å². The number of aliphatic hydroxyl groups is 1. The lowest BCUT2D eigenvalue weighted by Crippen LogP contribution is -2.47. The van der Waals surface area contributed by atoms with Crippen molar-refractivity contribution in [2.24, 2.45) is 0 Å². The topological polar surface area (TPSA) is 74.9 Å². The number of carbonyl (C=O) groups is 1. The van der Waals surface area contributed by atoms with Gasteiger partial charge in [0.2, 0.25) is 0 Å². The molecule has 0 radical (unpaired) electrons. The Hall–Kier alpha value is -1.73. The molecule has 20 heavy (non-hydrogen) atoms. The molecule has 0 saturated heterocycles. The SMILES string of the molecule is O=C(c1cnc2sccn2c1=O)N(CCO)C1CCC1. The molecule has 1 fully saturated rings. The lowest BCUT2D eigenvalue weighted by Gasteiger charge is -2.37. The molecule has 106 valence electrons. The molecule has 1 amide bonds. The molecule has 1 N–H and O–H groups in total. The zero-order valence-corrected chi connectivity index (χ0v) is 11.7. The molecular formula is C13H15N3O3S. The summed E-state index contributed by atoms with van der Waals surface area (Å²) in [5.41, 5.74) is -0.273. The second kappa shape index (κ2) is 5.34. The third kappa shape index (κ3) is 2.12. The first-order valence-electron chi connectivity index (χ1n) is 6.59. The Balaban J connectivity index is 1.97. The van der Waals surface area contributed by atoms with Gasteiger partial charge in [0.05, 0.1) is 6.61 Å². The summed E-state index contributed by atoms with van der Waals surface area (Å²) in [5, 5.41) is 10.9. The van der Waals surface area contributed by atoms with Crippen molar-refractivity contribution in [2.45, 2.75) is 25.3 Å². The molecule has 0 aromatic carbocycles. The van der Waals surface area contributed by atoms with Gasteiger partial charge in [-0.2, -0.15) is 0 Å². The maximum atomic E-state index is 12.5. The minimum Gasteiger partial charge on any atom is -0.395 e. The van der Waals surface area contributed by atoms with Crippen molar-refractivity contribution >= 4 is 22.2 Å². The molecule has 1 saturated carbocycles. The summed E-state index contributed by atoms with van der Waals surface area (Å²) >= 11 is 1.35. The molecule has 2 aromatic heterocycles. The Labute approximate surface area is 119 Å². The zero-order valence-electron chi connectivity index (χ0n) is 10.9. The fraction of sp³-hybridized carbons (Fsp3) is 0.462. The zero-order chi connectivity index (χ0) is 14.1. The summed E-state index contributed by atoms with van der Waals surface area (Å²) in [5.74, 6) is -0.332. The number of hydrogen-bond acceptors (Lipinski definition) is 5. The van der Waals surface area contributed by atoms with Gasteiger partial charge < -0.3 is 10.0 Å². The quantitative estimate of drug-likeness (QED) is 0.902. The highest BCUT2D eigenvalue weighted by Crippen LogP contribution is 2.25. The van der Waals surface area contributed by atoms with Gasteiger partial charge in [-0.1, -0.05) is 0 Å². The number of aromatic nitrogens is 2. The van der Waals surface area contributed by atoms with Gasteiger partial charge in [-0.05, 0) is 19.3 Å². The largest absolute Gasteiger partial charge is 0.395 e. The molecule has 6 nitrogen and oxygen atoms in total. The van der Waals surface area contributed by atoms with E-state index in [1.165, 1.54) is 21.9 Å². The molecule has 3 rings (SSSR count).